The molecule has 1 saturated heterocycles. The van der Waals surface area contributed by atoms with E-state index in [1.54, 1.807) is 0 Å². The van der Waals surface area contributed by atoms with Crippen LogP contribution in [0.25, 0.3) is 11.1 Å². The quantitative estimate of drug-likeness (QED) is 0.891. The molecule has 0 aromatic heterocycles. The fourth-order valence-corrected chi connectivity index (χ4v) is 3.07. The molecule has 1 heterocycles. The summed E-state index contributed by atoms with van der Waals surface area (Å²) in [6.07, 6.45) is -0.244. The topological polar surface area (TPSA) is 41.6 Å². The second-order valence-corrected chi connectivity index (χ2v) is 7.38. The van der Waals surface area contributed by atoms with Gasteiger partial charge in [-0.05, 0) is 37.5 Å². The molecule has 0 spiro atoms. The van der Waals surface area contributed by atoms with Gasteiger partial charge in [-0.2, -0.15) is 0 Å². The van der Waals surface area contributed by atoms with Crippen LogP contribution >= 0.6 is 0 Å². The Kier molecular flexibility index (Phi) is 5.09. The van der Waals surface area contributed by atoms with E-state index < -0.39 is 5.60 Å². The zero-order chi connectivity index (χ0) is 17.9. The van der Waals surface area contributed by atoms with E-state index in [0.717, 1.165) is 18.7 Å². The summed E-state index contributed by atoms with van der Waals surface area (Å²) in [4.78, 5) is 14.4. The largest absolute Gasteiger partial charge is 0.444 e. The Morgan fingerprint density at radius 2 is 1.68 bits per heavy atom. The Hall–Kier alpha value is -2.33. The van der Waals surface area contributed by atoms with Crippen molar-refractivity contribution in [3.8, 4) is 11.1 Å². The van der Waals surface area contributed by atoms with Crippen molar-refractivity contribution in [3.05, 3.63) is 60.2 Å². The number of amides is 1. The molecule has 0 radical (unpaired) electrons. The minimum absolute atomic E-state index is 0.00609. The van der Waals surface area contributed by atoms with Crippen molar-refractivity contribution in [3.63, 3.8) is 0 Å². The third kappa shape index (κ3) is 4.40. The van der Waals surface area contributed by atoms with Crippen molar-refractivity contribution in [1.29, 1.82) is 0 Å². The molecule has 3 rings (SSSR count). The SMILES string of the molecule is CC(C)(C)OC(=O)N1CCNC[C@H]1c1ccc(-c2ccccc2)cc1. The van der Waals surface area contributed by atoms with E-state index in [1.165, 1.54) is 11.1 Å². The molecule has 4 heteroatoms. The lowest BCUT2D eigenvalue weighted by molar-refractivity contribution is 0.0118. The van der Waals surface area contributed by atoms with Crippen LogP contribution in [0.5, 0.6) is 0 Å². The van der Waals surface area contributed by atoms with Crippen LogP contribution in [-0.4, -0.2) is 36.2 Å². The minimum Gasteiger partial charge on any atom is -0.444 e. The summed E-state index contributed by atoms with van der Waals surface area (Å²) in [7, 11) is 0. The normalized spacial score (nSPS) is 18.0. The Labute approximate surface area is 149 Å². The number of piperazine rings is 1. The van der Waals surface area contributed by atoms with Gasteiger partial charge in [-0.15, -0.1) is 0 Å². The van der Waals surface area contributed by atoms with E-state index in [4.69, 9.17) is 4.74 Å². The molecule has 0 aliphatic carbocycles. The molecule has 2 aromatic rings. The third-order valence-corrected chi connectivity index (χ3v) is 4.27. The van der Waals surface area contributed by atoms with Gasteiger partial charge in [0.15, 0.2) is 0 Å². The van der Waals surface area contributed by atoms with E-state index in [0.29, 0.717) is 6.54 Å². The van der Waals surface area contributed by atoms with Gasteiger partial charge >= 0.3 is 6.09 Å². The van der Waals surface area contributed by atoms with Gasteiger partial charge in [0, 0.05) is 19.6 Å². The number of nitrogens with one attached hydrogen (secondary N) is 1. The summed E-state index contributed by atoms with van der Waals surface area (Å²) < 4.78 is 5.58. The van der Waals surface area contributed by atoms with Crippen LogP contribution in [0.1, 0.15) is 32.4 Å². The number of rotatable bonds is 2. The van der Waals surface area contributed by atoms with Gasteiger partial charge in [0.2, 0.25) is 0 Å². The molecule has 1 atom stereocenters. The van der Waals surface area contributed by atoms with E-state index in [1.807, 2.05) is 43.9 Å². The predicted octanol–water partition coefficient (Wildman–Crippen LogP) is 4.24. The molecule has 1 amide bonds. The lowest BCUT2D eigenvalue weighted by Gasteiger charge is -2.37. The fraction of sp³-hybridized carbons (Fsp3) is 0.381. The first-order valence-electron chi connectivity index (χ1n) is 8.80. The Balaban J connectivity index is 1.79. The summed E-state index contributed by atoms with van der Waals surface area (Å²) in [5.74, 6) is 0. The molecule has 0 unspecified atom stereocenters. The average Bonchev–Trinajstić information content (AvgIpc) is 2.61. The maximum atomic E-state index is 12.6. The van der Waals surface area contributed by atoms with Gasteiger partial charge in [-0.1, -0.05) is 54.6 Å². The van der Waals surface area contributed by atoms with Gasteiger partial charge < -0.3 is 10.1 Å². The number of benzene rings is 2. The average molecular weight is 338 g/mol. The number of carbonyl (C=O) groups is 1. The fourth-order valence-electron chi connectivity index (χ4n) is 3.07. The maximum Gasteiger partial charge on any atom is 0.410 e. The third-order valence-electron chi connectivity index (χ3n) is 4.27. The zero-order valence-corrected chi connectivity index (χ0v) is 15.2. The summed E-state index contributed by atoms with van der Waals surface area (Å²) in [5, 5.41) is 3.38. The number of hydrogen-bond acceptors (Lipinski definition) is 3. The first-order chi connectivity index (χ1) is 11.9. The summed E-state index contributed by atoms with van der Waals surface area (Å²) in [6.45, 7) is 7.88. The molecule has 0 saturated carbocycles. The highest BCUT2D eigenvalue weighted by molar-refractivity contribution is 5.69. The number of ether oxygens (including phenoxy) is 1. The van der Waals surface area contributed by atoms with Crippen LogP contribution in [0.2, 0.25) is 0 Å². The molecule has 25 heavy (non-hydrogen) atoms. The van der Waals surface area contributed by atoms with Gasteiger partial charge in [-0.25, -0.2) is 4.79 Å². The number of hydrogen-bond donors (Lipinski definition) is 1. The van der Waals surface area contributed by atoms with Crippen molar-refractivity contribution in [1.82, 2.24) is 10.2 Å². The predicted molar refractivity (Wildman–Crippen MR) is 100 cm³/mol. The molecule has 0 bridgehead atoms. The van der Waals surface area contributed by atoms with Crippen LogP contribution in [-0.2, 0) is 4.74 Å². The molecule has 2 aromatic carbocycles. The Morgan fingerprint density at radius 1 is 1.04 bits per heavy atom. The van der Waals surface area contributed by atoms with Crippen LogP contribution in [0.15, 0.2) is 54.6 Å². The Morgan fingerprint density at radius 3 is 2.32 bits per heavy atom. The number of carbonyl (C=O) groups excluding carboxylic acids is 1. The monoisotopic (exact) mass is 338 g/mol. The molecule has 1 aliphatic rings. The highest BCUT2D eigenvalue weighted by Crippen LogP contribution is 2.27. The summed E-state index contributed by atoms with van der Waals surface area (Å²) >= 11 is 0. The highest BCUT2D eigenvalue weighted by Gasteiger charge is 2.31. The van der Waals surface area contributed by atoms with Gasteiger partial charge in [-0.3, -0.25) is 4.90 Å². The van der Waals surface area contributed by atoms with Gasteiger partial charge in [0.25, 0.3) is 0 Å². The Bertz CT molecular complexity index is 705. The van der Waals surface area contributed by atoms with Crippen molar-refractivity contribution in [2.24, 2.45) is 0 Å². The van der Waals surface area contributed by atoms with Crippen molar-refractivity contribution >= 4 is 6.09 Å². The molecule has 1 fully saturated rings. The smallest absolute Gasteiger partial charge is 0.410 e. The first-order valence-corrected chi connectivity index (χ1v) is 8.80. The molecular weight excluding hydrogens is 312 g/mol. The lowest BCUT2D eigenvalue weighted by Crippen LogP contribution is -2.50. The second kappa shape index (κ2) is 7.28. The van der Waals surface area contributed by atoms with E-state index >= 15 is 0 Å². The highest BCUT2D eigenvalue weighted by atomic mass is 16.6. The lowest BCUT2D eigenvalue weighted by atomic mass is 9.99. The van der Waals surface area contributed by atoms with Crippen molar-refractivity contribution in [2.45, 2.75) is 32.4 Å². The summed E-state index contributed by atoms with van der Waals surface area (Å²) in [5.41, 5.74) is 3.01. The minimum atomic E-state index is -0.482. The second-order valence-electron chi connectivity index (χ2n) is 7.38. The first kappa shape index (κ1) is 17.5. The van der Waals surface area contributed by atoms with E-state index in [2.05, 4.69) is 41.7 Å². The molecule has 1 N–H and O–H groups in total. The zero-order valence-electron chi connectivity index (χ0n) is 15.2. The molecule has 132 valence electrons. The van der Waals surface area contributed by atoms with Crippen molar-refractivity contribution < 1.29 is 9.53 Å². The summed E-state index contributed by atoms with van der Waals surface area (Å²) in [6, 6.07) is 18.7. The molecule has 4 nitrogen and oxygen atoms in total. The van der Waals surface area contributed by atoms with Crippen LogP contribution in [0, 0.1) is 0 Å². The molecule has 1 aliphatic heterocycles. The van der Waals surface area contributed by atoms with Crippen LogP contribution in [0.4, 0.5) is 4.79 Å². The van der Waals surface area contributed by atoms with Crippen molar-refractivity contribution in [2.75, 3.05) is 19.6 Å². The van der Waals surface area contributed by atoms with Crippen LogP contribution in [0.3, 0.4) is 0 Å². The van der Waals surface area contributed by atoms with E-state index in [-0.39, 0.29) is 12.1 Å². The maximum absolute atomic E-state index is 12.6. The van der Waals surface area contributed by atoms with E-state index in [9.17, 15) is 4.79 Å². The standard InChI is InChI=1S/C21H26N2O2/c1-21(2,3)25-20(24)23-14-13-22-15-19(23)18-11-9-17(10-12-18)16-7-5-4-6-8-16/h4-12,19,22H,13-15H2,1-3H3/t19-/m0/s1. The number of nitrogens with zero attached hydrogens (tertiary/aromatic N) is 1. The van der Waals surface area contributed by atoms with Crippen LogP contribution < -0.4 is 5.32 Å². The van der Waals surface area contributed by atoms with Gasteiger partial charge in [0.05, 0.1) is 6.04 Å². The van der Waals surface area contributed by atoms with Gasteiger partial charge in [0.1, 0.15) is 5.60 Å². The molecular formula is C21H26N2O2.